The lowest BCUT2D eigenvalue weighted by molar-refractivity contribution is 0.102. The molecule has 140 valence electrons. The molecule has 0 aliphatic carbocycles. The lowest BCUT2D eigenvalue weighted by atomic mass is 10.2. The van der Waals surface area contributed by atoms with E-state index in [1.165, 1.54) is 5.56 Å². The van der Waals surface area contributed by atoms with E-state index < -0.39 is 0 Å². The number of amides is 1. The summed E-state index contributed by atoms with van der Waals surface area (Å²) in [5.74, 6) is -0.102. The third kappa shape index (κ3) is 3.60. The van der Waals surface area contributed by atoms with Crippen LogP contribution in [0.4, 0.5) is 5.69 Å². The second-order valence-electron chi connectivity index (χ2n) is 6.83. The van der Waals surface area contributed by atoms with Gasteiger partial charge in [0.1, 0.15) is 0 Å². The van der Waals surface area contributed by atoms with Crippen molar-refractivity contribution < 1.29 is 4.79 Å². The zero-order valence-electron chi connectivity index (χ0n) is 16.0. The minimum Gasteiger partial charge on any atom is -0.344 e. The molecule has 0 bridgehead atoms. The summed E-state index contributed by atoms with van der Waals surface area (Å²) in [6.45, 7) is 4.78. The molecule has 1 N–H and O–H groups in total. The first-order chi connectivity index (χ1) is 13.6. The Balaban J connectivity index is 1.56. The molecule has 4 aromatic rings. The van der Waals surface area contributed by atoms with Crippen LogP contribution < -0.4 is 5.32 Å². The van der Waals surface area contributed by atoms with Gasteiger partial charge in [0.05, 0.1) is 11.9 Å². The molecule has 2 heterocycles. The van der Waals surface area contributed by atoms with Crippen molar-refractivity contribution >= 4 is 11.6 Å². The zero-order chi connectivity index (χ0) is 19.5. The molecular formula is C23H22N4O. The van der Waals surface area contributed by atoms with E-state index >= 15 is 0 Å². The quantitative estimate of drug-likeness (QED) is 0.558. The van der Waals surface area contributed by atoms with Crippen LogP contribution in [0.2, 0.25) is 0 Å². The Labute approximate surface area is 164 Å². The van der Waals surface area contributed by atoms with E-state index in [2.05, 4.69) is 27.0 Å². The molecule has 0 saturated heterocycles. The second-order valence-corrected chi connectivity index (χ2v) is 6.83. The molecule has 0 unspecified atom stereocenters. The van der Waals surface area contributed by atoms with Gasteiger partial charge in [-0.3, -0.25) is 4.79 Å². The Kier molecular flexibility index (Phi) is 4.81. The number of aromatic nitrogens is 3. The summed E-state index contributed by atoms with van der Waals surface area (Å²) in [6, 6.07) is 19.9. The molecule has 0 spiro atoms. The van der Waals surface area contributed by atoms with Crippen LogP contribution in [0.25, 0.3) is 5.69 Å². The van der Waals surface area contributed by atoms with Crippen molar-refractivity contribution in [1.82, 2.24) is 14.1 Å². The monoisotopic (exact) mass is 370 g/mol. The Morgan fingerprint density at radius 1 is 1.04 bits per heavy atom. The van der Waals surface area contributed by atoms with E-state index in [0.29, 0.717) is 5.56 Å². The number of nitrogens with zero attached hydrogens (tertiary/aromatic N) is 3. The maximum atomic E-state index is 12.9. The van der Waals surface area contributed by atoms with Gasteiger partial charge in [0.15, 0.2) is 0 Å². The fraction of sp³-hybridized carbons (Fsp3) is 0.130. The number of hydrogen-bond donors (Lipinski definition) is 1. The summed E-state index contributed by atoms with van der Waals surface area (Å²) in [7, 11) is 0. The fourth-order valence-corrected chi connectivity index (χ4v) is 3.39. The molecule has 4 rings (SSSR count). The molecule has 5 nitrogen and oxygen atoms in total. The van der Waals surface area contributed by atoms with Gasteiger partial charge >= 0.3 is 0 Å². The second kappa shape index (κ2) is 7.56. The summed E-state index contributed by atoms with van der Waals surface area (Å²) in [6.07, 6.45) is 5.34. The third-order valence-electron chi connectivity index (χ3n) is 4.91. The van der Waals surface area contributed by atoms with E-state index in [4.69, 9.17) is 0 Å². The van der Waals surface area contributed by atoms with Crippen molar-refractivity contribution in [2.45, 2.75) is 20.4 Å². The highest BCUT2D eigenvalue weighted by Crippen LogP contribution is 2.20. The molecule has 0 atom stereocenters. The maximum absolute atomic E-state index is 12.9. The van der Waals surface area contributed by atoms with Gasteiger partial charge in [0.2, 0.25) is 0 Å². The minimum absolute atomic E-state index is 0.102. The Morgan fingerprint density at radius 2 is 1.86 bits per heavy atom. The highest BCUT2D eigenvalue weighted by molar-refractivity contribution is 6.05. The van der Waals surface area contributed by atoms with E-state index in [1.54, 1.807) is 12.5 Å². The molecule has 0 fully saturated rings. The van der Waals surface area contributed by atoms with Crippen LogP contribution in [0.5, 0.6) is 0 Å². The normalized spacial score (nSPS) is 10.8. The number of anilines is 1. The first kappa shape index (κ1) is 17.8. The van der Waals surface area contributed by atoms with Gasteiger partial charge in [-0.2, -0.15) is 0 Å². The summed E-state index contributed by atoms with van der Waals surface area (Å²) in [4.78, 5) is 17.0. The smallest absolute Gasteiger partial charge is 0.257 e. The summed E-state index contributed by atoms with van der Waals surface area (Å²) in [5, 5.41) is 3.02. The lowest BCUT2D eigenvalue weighted by Gasteiger charge is -2.11. The van der Waals surface area contributed by atoms with E-state index in [-0.39, 0.29) is 5.91 Å². The molecule has 1 amide bonds. The molecule has 0 aliphatic heterocycles. The first-order valence-corrected chi connectivity index (χ1v) is 9.22. The SMILES string of the molecule is Cc1cc(C(=O)Nc2cccc(-n3ccnc3)c2)c(C)n1Cc1ccccc1. The van der Waals surface area contributed by atoms with Gasteiger partial charge in [0.25, 0.3) is 5.91 Å². The standard InChI is InChI=1S/C23H22N4O/c1-17-13-22(18(2)27(17)15-19-7-4-3-5-8-19)23(28)25-20-9-6-10-21(14-20)26-12-11-24-16-26/h3-14,16H,15H2,1-2H3,(H,25,28). The van der Waals surface area contributed by atoms with Crippen LogP contribution in [0.15, 0.2) is 79.4 Å². The van der Waals surface area contributed by atoms with Crippen molar-refractivity contribution in [1.29, 1.82) is 0 Å². The number of benzene rings is 2. The third-order valence-corrected chi connectivity index (χ3v) is 4.91. The Hall–Kier alpha value is -3.60. The molecule has 5 heteroatoms. The maximum Gasteiger partial charge on any atom is 0.257 e. The number of hydrogen-bond acceptors (Lipinski definition) is 2. The largest absolute Gasteiger partial charge is 0.344 e. The minimum atomic E-state index is -0.102. The van der Waals surface area contributed by atoms with Crippen LogP contribution in [-0.4, -0.2) is 20.0 Å². The van der Waals surface area contributed by atoms with Gasteiger partial charge < -0.3 is 14.5 Å². The van der Waals surface area contributed by atoms with Gasteiger partial charge in [-0.15, -0.1) is 0 Å². The van der Waals surface area contributed by atoms with E-state index in [1.807, 2.05) is 73.1 Å². The van der Waals surface area contributed by atoms with Gasteiger partial charge in [0, 0.05) is 41.7 Å². The Bertz CT molecular complexity index is 1100. The molecule has 0 radical (unpaired) electrons. The van der Waals surface area contributed by atoms with Crippen molar-refractivity contribution in [3.8, 4) is 5.69 Å². The Morgan fingerprint density at radius 3 is 2.61 bits per heavy atom. The van der Waals surface area contributed by atoms with Crippen LogP contribution in [0.1, 0.15) is 27.3 Å². The molecular weight excluding hydrogens is 348 g/mol. The number of carbonyl (C=O) groups is 1. The average molecular weight is 370 g/mol. The molecule has 2 aromatic heterocycles. The lowest BCUT2D eigenvalue weighted by Crippen LogP contribution is -2.13. The van der Waals surface area contributed by atoms with Gasteiger partial charge in [-0.1, -0.05) is 36.4 Å². The zero-order valence-corrected chi connectivity index (χ0v) is 16.0. The molecule has 2 aromatic carbocycles. The van der Waals surface area contributed by atoms with Crippen LogP contribution in [0.3, 0.4) is 0 Å². The van der Waals surface area contributed by atoms with Crippen molar-refractivity contribution in [3.63, 3.8) is 0 Å². The molecule has 28 heavy (non-hydrogen) atoms. The molecule has 0 aliphatic rings. The topological polar surface area (TPSA) is 51.9 Å². The highest BCUT2D eigenvalue weighted by Gasteiger charge is 2.16. The van der Waals surface area contributed by atoms with Crippen molar-refractivity contribution in [2.24, 2.45) is 0 Å². The van der Waals surface area contributed by atoms with Crippen molar-refractivity contribution in [2.75, 3.05) is 5.32 Å². The highest BCUT2D eigenvalue weighted by atomic mass is 16.1. The average Bonchev–Trinajstić information content (AvgIpc) is 3.33. The van der Waals surface area contributed by atoms with Crippen LogP contribution in [0, 0.1) is 13.8 Å². The fourth-order valence-electron chi connectivity index (χ4n) is 3.39. The number of nitrogens with one attached hydrogen (secondary N) is 1. The van der Waals surface area contributed by atoms with Crippen molar-refractivity contribution in [3.05, 3.63) is 102 Å². The first-order valence-electron chi connectivity index (χ1n) is 9.22. The van der Waals surface area contributed by atoms with Gasteiger partial charge in [-0.25, -0.2) is 4.98 Å². The predicted molar refractivity (Wildman–Crippen MR) is 111 cm³/mol. The van der Waals surface area contributed by atoms with Crippen LogP contribution >= 0.6 is 0 Å². The molecule has 0 saturated carbocycles. The van der Waals surface area contributed by atoms with Crippen LogP contribution in [-0.2, 0) is 6.54 Å². The number of carbonyl (C=O) groups excluding carboxylic acids is 1. The van der Waals surface area contributed by atoms with Gasteiger partial charge in [-0.05, 0) is 43.7 Å². The number of imidazole rings is 1. The predicted octanol–water partition coefficient (Wildman–Crippen LogP) is 4.59. The summed E-state index contributed by atoms with van der Waals surface area (Å²) < 4.78 is 4.08. The van der Waals surface area contributed by atoms with E-state index in [9.17, 15) is 4.79 Å². The van der Waals surface area contributed by atoms with E-state index in [0.717, 1.165) is 29.3 Å². The summed E-state index contributed by atoms with van der Waals surface area (Å²) in [5.41, 5.74) is 5.64. The number of aryl methyl sites for hydroxylation is 1. The summed E-state index contributed by atoms with van der Waals surface area (Å²) >= 11 is 0. The number of rotatable bonds is 5.